The molecule has 1 aromatic heterocycles. The largest absolute Gasteiger partial charge is 0.494 e. The van der Waals surface area contributed by atoms with E-state index in [0.29, 0.717) is 45.6 Å². The van der Waals surface area contributed by atoms with Crippen LogP contribution in [0.2, 0.25) is 5.02 Å². The number of hydrogen-bond donors (Lipinski definition) is 3. The van der Waals surface area contributed by atoms with Crippen LogP contribution in [-0.4, -0.2) is 92.6 Å². The second kappa shape index (κ2) is 12.7. The highest BCUT2D eigenvalue weighted by molar-refractivity contribution is 7.70. The maximum absolute atomic E-state index is 13.0. The summed E-state index contributed by atoms with van der Waals surface area (Å²) in [5.74, 6) is 1.37. The van der Waals surface area contributed by atoms with Crippen molar-refractivity contribution in [2.45, 2.75) is 25.8 Å². The van der Waals surface area contributed by atoms with Crippen LogP contribution in [0.25, 0.3) is 0 Å². The molecule has 0 bridgehead atoms. The third kappa shape index (κ3) is 6.94. The number of nitrogens with one attached hydrogen (secondary N) is 2. The van der Waals surface area contributed by atoms with Gasteiger partial charge < -0.3 is 35.5 Å². The Morgan fingerprint density at radius 1 is 1.02 bits per heavy atom. The quantitative estimate of drug-likeness (QED) is 0.238. The zero-order valence-electron chi connectivity index (χ0n) is 25.2. The van der Waals surface area contributed by atoms with Crippen LogP contribution in [-0.2, 0) is 4.57 Å². The topological polar surface area (TPSA) is 112 Å². The molecule has 0 aliphatic carbocycles. The molecule has 3 heterocycles. The van der Waals surface area contributed by atoms with Gasteiger partial charge in [0.2, 0.25) is 5.95 Å². The molecule has 2 saturated heterocycles. The van der Waals surface area contributed by atoms with Crippen LogP contribution in [0.1, 0.15) is 18.4 Å². The number of hydrogen-bond acceptors (Lipinski definition) is 10. The van der Waals surface area contributed by atoms with Gasteiger partial charge in [0.15, 0.2) is 5.82 Å². The summed E-state index contributed by atoms with van der Waals surface area (Å²) < 4.78 is 18.7. The average Bonchev–Trinajstić information content (AvgIpc) is 2.96. The maximum Gasteiger partial charge on any atom is 0.229 e. The van der Waals surface area contributed by atoms with E-state index in [1.807, 2.05) is 37.3 Å². The predicted octanol–water partition coefficient (Wildman–Crippen LogP) is 4.98. The zero-order valence-corrected chi connectivity index (χ0v) is 26.8. The molecule has 2 aromatic carbocycles. The van der Waals surface area contributed by atoms with Crippen LogP contribution in [0, 0.1) is 6.92 Å². The Morgan fingerprint density at radius 2 is 1.74 bits per heavy atom. The van der Waals surface area contributed by atoms with Crippen molar-refractivity contribution in [2.75, 3.05) is 88.0 Å². The summed E-state index contributed by atoms with van der Waals surface area (Å²) in [6.07, 6.45) is 3.77. The fraction of sp³-hybridized carbons (Fsp3) is 0.467. The summed E-state index contributed by atoms with van der Waals surface area (Å²) in [6, 6.07) is 10.3. The molecular weight excluding hydrogens is 571 g/mol. The highest BCUT2D eigenvalue weighted by Crippen LogP contribution is 2.40. The molecule has 3 aromatic rings. The summed E-state index contributed by atoms with van der Waals surface area (Å²) in [4.78, 5) is 16.4. The Balaban J connectivity index is 1.31. The normalized spacial score (nSPS) is 17.3. The number of rotatable bonds is 8. The first-order valence-corrected chi connectivity index (χ1v) is 17.4. The lowest BCUT2D eigenvalue weighted by atomic mass is 10.0. The average molecular weight is 613 g/mol. The van der Waals surface area contributed by atoms with E-state index in [1.165, 1.54) is 6.20 Å². The number of benzene rings is 2. The predicted molar refractivity (Wildman–Crippen MR) is 176 cm³/mol. The molecule has 0 unspecified atom stereocenters. The fourth-order valence-corrected chi connectivity index (χ4v) is 7.10. The van der Waals surface area contributed by atoms with E-state index in [-0.39, 0.29) is 0 Å². The minimum absolute atomic E-state index is 0.324. The van der Waals surface area contributed by atoms with Crippen LogP contribution < -0.4 is 31.3 Å². The number of nitrogen functional groups attached to an aromatic ring is 1. The Hall–Kier alpha value is -3.04. The van der Waals surface area contributed by atoms with Crippen LogP contribution in [0.5, 0.6) is 5.75 Å². The van der Waals surface area contributed by atoms with Crippen molar-refractivity contribution in [2.24, 2.45) is 0 Å². The number of nitrogens with two attached hydrogens (primary N) is 1. The molecule has 4 N–H and O–H groups in total. The van der Waals surface area contributed by atoms with Gasteiger partial charge in [0.1, 0.15) is 17.9 Å². The maximum atomic E-state index is 13.0. The van der Waals surface area contributed by atoms with Gasteiger partial charge in [0.05, 0.1) is 36.1 Å². The first-order valence-electron chi connectivity index (χ1n) is 14.4. The lowest BCUT2D eigenvalue weighted by Crippen LogP contribution is -2.52. The fourth-order valence-electron chi connectivity index (χ4n) is 5.74. The first-order chi connectivity index (χ1) is 20.0. The van der Waals surface area contributed by atoms with Gasteiger partial charge in [-0.15, -0.1) is 0 Å². The van der Waals surface area contributed by atoms with E-state index in [1.54, 1.807) is 20.4 Å². The number of aromatic nitrogens is 2. The van der Waals surface area contributed by atoms with Crippen molar-refractivity contribution < 1.29 is 9.30 Å². The molecule has 5 rings (SSSR count). The number of halogens is 1. The third-order valence-electron chi connectivity index (χ3n) is 8.19. The molecule has 0 spiro atoms. The van der Waals surface area contributed by atoms with Crippen LogP contribution in [0.3, 0.4) is 0 Å². The summed E-state index contributed by atoms with van der Waals surface area (Å²) in [7, 11) is 1.29. The van der Waals surface area contributed by atoms with Gasteiger partial charge in [-0.05, 0) is 58.3 Å². The second-order valence-electron chi connectivity index (χ2n) is 11.7. The van der Waals surface area contributed by atoms with E-state index >= 15 is 0 Å². The number of nitrogens with zero attached hydrogens (tertiary/aromatic N) is 5. The van der Waals surface area contributed by atoms with Crippen molar-refractivity contribution in [1.29, 1.82) is 0 Å². The van der Waals surface area contributed by atoms with E-state index < -0.39 is 7.14 Å². The van der Waals surface area contributed by atoms with E-state index in [4.69, 9.17) is 22.1 Å². The molecule has 10 nitrogen and oxygen atoms in total. The van der Waals surface area contributed by atoms with Gasteiger partial charge in [0.25, 0.3) is 0 Å². The lowest BCUT2D eigenvalue weighted by Gasteiger charge is -2.42. The monoisotopic (exact) mass is 612 g/mol. The second-order valence-corrected chi connectivity index (χ2v) is 15.3. The van der Waals surface area contributed by atoms with E-state index in [2.05, 4.69) is 42.3 Å². The van der Waals surface area contributed by atoms with Gasteiger partial charge >= 0.3 is 0 Å². The van der Waals surface area contributed by atoms with Crippen molar-refractivity contribution in [1.82, 2.24) is 19.8 Å². The SMILES string of the molecule is COc1cc(N2CCC(N3CCN(C)CC3)CC2)c(N)cc1Nc1ncc(Cl)c(Nc2ccc(C)cc2P(C)(C)=O)n1. The molecule has 12 heteroatoms. The minimum atomic E-state index is -2.55. The van der Waals surface area contributed by atoms with Gasteiger partial charge in [-0.25, -0.2) is 4.98 Å². The Kier molecular flexibility index (Phi) is 9.18. The smallest absolute Gasteiger partial charge is 0.229 e. The lowest BCUT2D eigenvalue weighted by molar-refractivity contribution is 0.0982. The summed E-state index contributed by atoms with van der Waals surface area (Å²) in [5.41, 5.74) is 10.6. The highest BCUT2D eigenvalue weighted by atomic mass is 35.5. The molecule has 2 aliphatic rings. The zero-order chi connectivity index (χ0) is 30.0. The highest BCUT2D eigenvalue weighted by Gasteiger charge is 2.28. The Labute approximate surface area is 254 Å². The van der Waals surface area contributed by atoms with Crippen LogP contribution in [0.4, 0.5) is 34.5 Å². The molecule has 0 amide bonds. The van der Waals surface area contributed by atoms with Gasteiger partial charge in [0, 0.05) is 56.7 Å². The van der Waals surface area contributed by atoms with Gasteiger partial charge in [-0.3, -0.25) is 4.90 Å². The molecule has 226 valence electrons. The Morgan fingerprint density at radius 3 is 2.40 bits per heavy atom. The summed E-state index contributed by atoms with van der Waals surface area (Å²) >= 11 is 6.46. The molecule has 0 saturated carbocycles. The van der Waals surface area contributed by atoms with Crippen molar-refractivity contribution >= 4 is 58.6 Å². The number of methoxy groups -OCH3 is 1. The molecule has 42 heavy (non-hydrogen) atoms. The standard InChI is InChI=1S/C30H42ClN8O2P/c1-20-6-7-24(28(16-20)42(4,5)40)34-29-22(31)19-33-30(36-29)35-25-17-23(32)26(18-27(25)41-3)39-10-8-21(9-11-39)38-14-12-37(2)13-15-38/h6-7,16-19,21H,8-15,32H2,1-5H3,(H2,33,34,35,36). The number of piperidine rings is 1. The van der Waals surface area contributed by atoms with E-state index in [9.17, 15) is 4.57 Å². The van der Waals surface area contributed by atoms with E-state index in [0.717, 1.165) is 68.7 Å². The van der Waals surface area contributed by atoms with Crippen LogP contribution >= 0.6 is 18.7 Å². The molecular formula is C30H42ClN8O2P. The molecule has 0 atom stereocenters. The summed E-state index contributed by atoms with van der Waals surface area (Å²) in [5, 5.41) is 7.59. The van der Waals surface area contributed by atoms with Crippen molar-refractivity contribution in [3.8, 4) is 5.75 Å². The summed E-state index contributed by atoms with van der Waals surface area (Å²) in [6.45, 7) is 11.9. The Bertz CT molecular complexity index is 1470. The number of likely N-dealkylation sites (N-methyl/N-ethyl adjacent to an activating group) is 1. The third-order valence-corrected chi connectivity index (χ3v) is 9.99. The number of aryl methyl sites for hydroxylation is 1. The number of ether oxygens (including phenoxy) is 1. The molecule has 2 aliphatic heterocycles. The number of anilines is 6. The first kappa shape index (κ1) is 30.4. The van der Waals surface area contributed by atoms with Crippen LogP contribution in [0.15, 0.2) is 36.5 Å². The molecule has 0 radical (unpaired) electrons. The minimum Gasteiger partial charge on any atom is -0.494 e. The number of piperazine rings is 1. The molecule has 2 fully saturated rings. The van der Waals surface area contributed by atoms with Crippen molar-refractivity contribution in [3.05, 3.63) is 47.1 Å². The van der Waals surface area contributed by atoms with Gasteiger partial charge in [-0.2, -0.15) is 4.98 Å². The van der Waals surface area contributed by atoms with Gasteiger partial charge in [-0.1, -0.05) is 23.2 Å². The van der Waals surface area contributed by atoms with Crippen molar-refractivity contribution in [3.63, 3.8) is 0 Å².